The summed E-state index contributed by atoms with van der Waals surface area (Å²) in [4.78, 5) is 0. The predicted molar refractivity (Wildman–Crippen MR) is 69.8 cm³/mol. The third-order valence-electron chi connectivity index (χ3n) is 3.44. The van der Waals surface area contributed by atoms with Gasteiger partial charge in [0, 0.05) is 0 Å². The number of rotatable bonds is 4. The first-order valence-corrected chi connectivity index (χ1v) is 6.20. The zero-order valence-electron chi connectivity index (χ0n) is 11.2. The lowest BCUT2D eigenvalue weighted by Gasteiger charge is -2.20. The summed E-state index contributed by atoms with van der Waals surface area (Å²) in [5, 5.41) is 9.82. The van der Waals surface area contributed by atoms with E-state index in [1.54, 1.807) is 0 Å². The standard InChI is InChI=1S/C15H24O/c1-6-15(16)13(5)9-14-11(3)7-10(2)8-12(14)4/h7-8,13,15-16H,6,9H2,1-5H3. The van der Waals surface area contributed by atoms with Crippen molar-refractivity contribution in [3.63, 3.8) is 0 Å². The maximum atomic E-state index is 9.82. The van der Waals surface area contributed by atoms with Crippen molar-refractivity contribution in [3.8, 4) is 0 Å². The van der Waals surface area contributed by atoms with Gasteiger partial charge in [0.25, 0.3) is 0 Å². The Morgan fingerprint density at radius 1 is 1.12 bits per heavy atom. The molecule has 0 spiro atoms. The number of benzene rings is 1. The van der Waals surface area contributed by atoms with Gasteiger partial charge in [0.05, 0.1) is 6.10 Å². The van der Waals surface area contributed by atoms with Gasteiger partial charge in [0.1, 0.15) is 0 Å². The van der Waals surface area contributed by atoms with Gasteiger partial charge >= 0.3 is 0 Å². The van der Waals surface area contributed by atoms with Crippen LogP contribution in [0.5, 0.6) is 0 Å². The lowest BCUT2D eigenvalue weighted by molar-refractivity contribution is 0.112. The van der Waals surface area contributed by atoms with Gasteiger partial charge in [-0.2, -0.15) is 0 Å². The smallest absolute Gasteiger partial charge is 0.0566 e. The van der Waals surface area contributed by atoms with E-state index in [1.807, 2.05) is 6.92 Å². The third kappa shape index (κ3) is 3.08. The fourth-order valence-electron chi connectivity index (χ4n) is 2.39. The van der Waals surface area contributed by atoms with Crippen LogP contribution in [0.15, 0.2) is 12.1 Å². The number of hydrogen-bond acceptors (Lipinski definition) is 1. The van der Waals surface area contributed by atoms with E-state index in [9.17, 15) is 5.11 Å². The second kappa shape index (κ2) is 5.49. The van der Waals surface area contributed by atoms with Crippen molar-refractivity contribution in [2.45, 2.75) is 53.6 Å². The number of hydrogen-bond donors (Lipinski definition) is 1. The van der Waals surface area contributed by atoms with E-state index in [2.05, 4.69) is 39.8 Å². The molecule has 0 fully saturated rings. The van der Waals surface area contributed by atoms with E-state index in [-0.39, 0.29) is 6.10 Å². The maximum Gasteiger partial charge on any atom is 0.0566 e. The molecule has 0 saturated carbocycles. The van der Waals surface area contributed by atoms with Crippen molar-refractivity contribution in [3.05, 3.63) is 34.4 Å². The predicted octanol–water partition coefficient (Wildman–Crippen LogP) is 3.56. The largest absolute Gasteiger partial charge is 0.393 e. The fourth-order valence-corrected chi connectivity index (χ4v) is 2.39. The summed E-state index contributed by atoms with van der Waals surface area (Å²) < 4.78 is 0. The zero-order chi connectivity index (χ0) is 12.3. The first-order chi connectivity index (χ1) is 7.45. The summed E-state index contributed by atoms with van der Waals surface area (Å²) >= 11 is 0. The van der Waals surface area contributed by atoms with Gasteiger partial charge in [-0.05, 0) is 56.2 Å². The van der Waals surface area contributed by atoms with Gasteiger partial charge in [0.15, 0.2) is 0 Å². The molecule has 0 heterocycles. The molecular formula is C15H24O. The number of aliphatic hydroxyl groups excluding tert-OH is 1. The maximum absolute atomic E-state index is 9.82. The molecule has 1 rings (SSSR count). The van der Waals surface area contributed by atoms with Gasteiger partial charge in [0.2, 0.25) is 0 Å². The van der Waals surface area contributed by atoms with E-state index >= 15 is 0 Å². The van der Waals surface area contributed by atoms with Crippen molar-refractivity contribution < 1.29 is 5.11 Å². The highest BCUT2D eigenvalue weighted by Gasteiger charge is 2.15. The molecule has 90 valence electrons. The first kappa shape index (κ1) is 13.2. The summed E-state index contributed by atoms with van der Waals surface area (Å²) in [5.74, 6) is 0.338. The van der Waals surface area contributed by atoms with Crippen LogP contribution in [0.3, 0.4) is 0 Å². The third-order valence-corrected chi connectivity index (χ3v) is 3.44. The highest BCUT2D eigenvalue weighted by molar-refractivity contribution is 5.37. The Hall–Kier alpha value is -0.820. The van der Waals surface area contributed by atoms with Gasteiger partial charge in [-0.15, -0.1) is 0 Å². The molecule has 0 amide bonds. The molecule has 0 saturated heterocycles. The second-order valence-corrected chi connectivity index (χ2v) is 5.03. The van der Waals surface area contributed by atoms with Crippen LogP contribution in [0.2, 0.25) is 0 Å². The van der Waals surface area contributed by atoms with Crippen LogP contribution < -0.4 is 0 Å². The monoisotopic (exact) mass is 220 g/mol. The molecule has 0 bridgehead atoms. The minimum atomic E-state index is -0.180. The van der Waals surface area contributed by atoms with Crippen LogP contribution in [0.4, 0.5) is 0 Å². The Kier molecular flexibility index (Phi) is 4.55. The normalized spacial score (nSPS) is 14.9. The van der Waals surface area contributed by atoms with Gasteiger partial charge in [-0.1, -0.05) is 31.5 Å². The molecule has 1 heteroatoms. The molecule has 0 aliphatic heterocycles. The summed E-state index contributed by atoms with van der Waals surface area (Å²) in [6.07, 6.45) is 1.64. The van der Waals surface area contributed by atoms with E-state index in [0.29, 0.717) is 5.92 Å². The van der Waals surface area contributed by atoms with Crippen LogP contribution in [0, 0.1) is 26.7 Å². The lowest BCUT2D eigenvalue weighted by Crippen LogP contribution is -2.19. The molecule has 16 heavy (non-hydrogen) atoms. The fraction of sp³-hybridized carbons (Fsp3) is 0.600. The zero-order valence-corrected chi connectivity index (χ0v) is 11.2. The van der Waals surface area contributed by atoms with Crippen molar-refractivity contribution in [2.75, 3.05) is 0 Å². The molecule has 0 aliphatic rings. The molecule has 1 nitrogen and oxygen atoms in total. The van der Waals surface area contributed by atoms with E-state index in [0.717, 1.165) is 12.8 Å². The average molecular weight is 220 g/mol. The Bertz CT molecular complexity index is 331. The molecule has 2 atom stereocenters. The SMILES string of the molecule is CCC(O)C(C)Cc1c(C)cc(C)cc1C. The summed E-state index contributed by atoms with van der Waals surface area (Å²) in [7, 11) is 0. The first-order valence-electron chi connectivity index (χ1n) is 6.20. The summed E-state index contributed by atoms with van der Waals surface area (Å²) in [5.41, 5.74) is 5.44. The Balaban J connectivity index is 2.89. The Morgan fingerprint density at radius 2 is 1.62 bits per heavy atom. The quantitative estimate of drug-likeness (QED) is 0.822. The van der Waals surface area contributed by atoms with Crippen LogP contribution in [0.25, 0.3) is 0 Å². The van der Waals surface area contributed by atoms with Crippen molar-refractivity contribution >= 4 is 0 Å². The highest BCUT2D eigenvalue weighted by Crippen LogP contribution is 2.22. The molecule has 0 aliphatic carbocycles. The van der Waals surface area contributed by atoms with Crippen LogP contribution in [-0.2, 0) is 6.42 Å². The average Bonchev–Trinajstić information content (AvgIpc) is 2.21. The molecule has 1 N–H and O–H groups in total. The van der Waals surface area contributed by atoms with Gasteiger partial charge in [-0.3, -0.25) is 0 Å². The molecule has 1 aromatic rings. The lowest BCUT2D eigenvalue weighted by atomic mass is 9.89. The molecule has 0 radical (unpaired) electrons. The van der Waals surface area contributed by atoms with Crippen molar-refractivity contribution in [1.82, 2.24) is 0 Å². The molecule has 0 aromatic heterocycles. The van der Waals surface area contributed by atoms with E-state index < -0.39 is 0 Å². The Morgan fingerprint density at radius 3 is 2.06 bits per heavy atom. The molecule has 2 unspecified atom stereocenters. The molecular weight excluding hydrogens is 196 g/mol. The number of aryl methyl sites for hydroxylation is 3. The van der Waals surface area contributed by atoms with Gasteiger partial charge in [-0.25, -0.2) is 0 Å². The summed E-state index contributed by atoms with van der Waals surface area (Å²) in [6, 6.07) is 4.46. The summed E-state index contributed by atoms with van der Waals surface area (Å²) in [6.45, 7) is 10.6. The van der Waals surface area contributed by atoms with E-state index in [1.165, 1.54) is 22.3 Å². The highest BCUT2D eigenvalue weighted by atomic mass is 16.3. The minimum absolute atomic E-state index is 0.180. The van der Waals surface area contributed by atoms with Crippen molar-refractivity contribution in [2.24, 2.45) is 5.92 Å². The van der Waals surface area contributed by atoms with Crippen LogP contribution in [0.1, 0.15) is 42.5 Å². The molecule has 1 aromatic carbocycles. The van der Waals surface area contributed by atoms with Gasteiger partial charge < -0.3 is 5.11 Å². The Labute approximate surface area is 99.5 Å². The van der Waals surface area contributed by atoms with E-state index in [4.69, 9.17) is 0 Å². The second-order valence-electron chi connectivity index (χ2n) is 5.03. The minimum Gasteiger partial charge on any atom is -0.393 e. The number of aliphatic hydroxyl groups is 1. The van der Waals surface area contributed by atoms with Crippen molar-refractivity contribution in [1.29, 1.82) is 0 Å². The van der Waals surface area contributed by atoms with Crippen LogP contribution in [-0.4, -0.2) is 11.2 Å². The van der Waals surface area contributed by atoms with Crippen LogP contribution >= 0.6 is 0 Å². The topological polar surface area (TPSA) is 20.2 Å².